The number of hydrogen-bond acceptors (Lipinski definition) is 8. The minimum atomic E-state index is -4.50. The molecule has 0 amide bonds. The van der Waals surface area contributed by atoms with Crippen molar-refractivity contribution in [3.8, 4) is 28.7 Å². The van der Waals surface area contributed by atoms with E-state index in [0.717, 1.165) is 30.3 Å². The Kier molecular flexibility index (Phi) is 5.69. The number of aryl methyl sites for hydroxylation is 1. The van der Waals surface area contributed by atoms with E-state index in [-0.39, 0.29) is 5.82 Å². The van der Waals surface area contributed by atoms with Gasteiger partial charge in [-0.2, -0.15) is 13.2 Å². The third-order valence-corrected chi connectivity index (χ3v) is 6.35. The van der Waals surface area contributed by atoms with Gasteiger partial charge in [0, 0.05) is 31.3 Å². The molecule has 4 heterocycles. The fourth-order valence-corrected chi connectivity index (χ4v) is 4.31. The van der Waals surface area contributed by atoms with Crippen LogP contribution < -0.4 is 10.1 Å². The highest BCUT2D eigenvalue weighted by Gasteiger charge is 2.34. The number of ether oxygens (including phenoxy) is 1. The highest BCUT2D eigenvalue weighted by molar-refractivity contribution is 5.85. The molecule has 6 rings (SSSR count). The van der Waals surface area contributed by atoms with Crippen LogP contribution in [-0.2, 0) is 19.8 Å². The number of halogens is 3. The Labute approximate surface area is 214 Å². The Balaban J connectivity index is 1.28. The van der Waals surface area contributed by atoms with Crippen LogP contribution in [0, 0.1) is 0 Å². The van der Waals surface area contributed by atoms with E-state index in [4.69, 9.17) is 9.72 Å². The molecular weight excluding hydrogens is 499 g/mol. The molecule has 5 aromatic rings. The van der Waals surface area contributed by atoms with Gasteiger partial charge in [-0.05, 0) is 18.4 Å². The first-order valence-corrected chi connectivity index (χ1v) is 11.9. The van der Waals surface area contributed by atoms with Crippen molar-refractivity contribution >= 4 is 17.0 Å². The van der Waals surface area contributed by atoms with Gasteiger partial charge in [-0.3, -0.25) is 0 Å². The predicted molar refractivity (Wildman–Crippen MR) is 132 cm³/mol. The molecule has 0 aliphatic heterocycles. The summed E-state index contributed by atoms with van der Waals surface area (Å²) in [7, 11) is 3.09. The molecule has 0 bridgehead atoms. The predicted octanol–water partition coefficient (Wildman–Crippen LogP) is 4.73. The zero-order valence-corrected chi connectivity index (χ0v) is 20.4. The summed E-state index contributed by atoms with van der Waals surface area (Å²) in [6.45, 7) is 0.400. The lowest BCUT2D eigenvalue weighted by molar-refractivity contribution is -0.140. The number of H-pyrrole nitrogens is 1. The number of fused-ring (bicyclic) bond motifs is 1. The van der Waals surface area contributed by atoms with Gasteiger partial charge in [0.05, 0.1) is 19.1 Å². The van der Waals surface area contributed by atoms with Crippen LogP contribution in [0.1, 0.15) is 35.7 Å². The number of alkyl halides is 3. The van der Waals surface area contributed by atoms with E-state index >= 15 is 0 Å². The molecule has 1 aliphatic carbocycles. The van der Waals surface area contributed by atoms with Crippen molar-refractivity contribution in [2.45, 2.75) is 31.5 Å². The summed E-state index contributed by atoms with van der Waals surface area (Å²) in [5, 5.41) is 3.32. The van der Waals surface area contributed by atoms with Crippen molar-refractivity contribution in [2.75, 3.05) is 12.4 Å². The summed E-state index contributed by atoms with van der Waals surface area (Å²) in [6, 6.07) is 7.14. The van der Waals surface area contributed by atoms with Gasteiger partial charge in [0.2, 0.25) is 5.88 Å². The summed E-state index contributed by atoms with van der Waals surface area (Å²) < 4.78 is 46.0. The zero-order valence-electron chi connectivity index (χ0n) is 20.4. The van der Waals surface area contributed by atoms with E-state index in [2.05, 4.69) is 35.2 Å². The average Bonchev–Trinajstić information content (AvgIpc) is 3.51. The average molecular weight is 522 g/mol. The van der Waals surface area contributed by atoms with Gasteiger partial charge in [0.15, 0.2) is 23.0 Å². The topological polar surface area (TPSA) is 119 Å². The van der Waals surface area contributed by atoms with Crippen molar-refractivity contribution in [3.05, 3.63) is 60.1 Å². The second kappa shape index (κ2) is 9.08. The number of nitrogens with one attached hydrogen (secondary N) is 2. The van der Waals surface area contributed by atoms with Crippen molar-refractivity contribution in [1.29, 1.82) is 0 Å². The molecule has 1 aliphatic rings. The molecule has 0 spiro atoms. The zero-order chi connectivity index (χ0) is 26.4. The molecule has 0 saturated heterocycles. The molecule has 1 saturated carbocycles. The van der Waals surface area contributed by atoms with Gasteiger partial charge in [-0.1, -0.05) is 24.3 Å². The second-order valence-electron chi connectivity index (χ2n) is 9.02. The monoisotopic (exact) mass is 521 g/mol. The smallest absolute Gasteiger partial charge is 0.434 e. The van der Waals surface area contributed by atoms with E-state index in [1.54, 1.807) is 25.6 Å². The van der Waals surface area contributed by atoms with Crippen LogP contribution in [0.2, 0.25) is 0 Å². The van der Waals surface area contributed by atoms with E-state index in [9.17, 15) is 13.2 Å². The Bertz CT molecular complexity index is 1620. The number of aromatic amines is 1. The second-order valence-corrected chi connectivity index (χ2v) is 9.02. The largest absolute Gasteiger partial charge is 0.480 e. The van der Waals surface area contributed by atoms with Gasteiger partial charge in [-0.15, -0.1) is 0 Å². The normalized spacial score (nSPS) is 13.7. The molecular formula is C25H22F3N9O. The summed E-state index contributed by atoms with van der Waals surface area (Å²) in [5.41, 5.74) is 3.19. The molecule has 13 heteroatoms. The number of nitrogens with zero attached hydrogens (tertiary/aromatic N) is 7. The van der Waals surface area contributed by atoms with E-state index in [0.29, 0.717) is 52.3 Å². The first-order chi connectivity index (χ1) is 18.3. The molecule has 10 nitrogen and oxygen atoms in total. The molecule has 194 valence electrons. The summed E-state index contributed by atoms with van der Waals surface area (Å²) >= 11 is 0. The number of imidazole rings is 2. The SMILES string of the molecule is COc1ncnc(C2CC2)c1-c1nc(NCc2ccc(-c3nc(C(F)(F)F)cn3C)cc2)c2[nH]cnc2n1. The number of benzene rings is 1. The molecule has 1 fully saturated rings. The molecule has 2 N–H and O–H groups in total. The van der Waals surface area contributed by atoms with Gasteiger partial charge in [0.1, 0.15) is 23.2 Å². The van der Waals surface area contributed by atoms with Gasteiger partial charge >= 0.3 is 6.18 Å². The lowest BCUT2D eigenvalue weighted by Crippen LogP contribution is -2.07. The van der Waals surface area contributed by atoms with Crippen LogP contribution in [0.15, 0.2) is 43.1 Å². The molecule has 1 aromatic carbocycles. The van der Waals surface area contributed by atoms with E-state index in [1.165, 1.54) is 17.9 Å². The number of methoxy groups -OCH3 is 1. The molecule has 0 unspecified atom stereocenters. The lowest BCUT2D eigenvalue weighted by Gasteiger charge is -2.13. The van der Waals surface area contributed by atoms with Gasteiger partial charge in [0.25, 0.3) is 0 Å². The van der Waals surface area contributed by atoms with E-state index in [1.807, 2.05) is 12.1 Å². The molecule has 0 atom stereocenters. The highest BCUT2D eigenvalue weighted by Crippen LogP contribution is 2.45. The number of aromatic nitrogens is 8. The molecule has 4 aromatic heterocycles. The first kappa shape index (κ1) is 23.8. The van der Waals surface area contributed by atoms with Crippen LogP contribution in [0.4, 0.5) is 19.0 Å². The molecule has 38 heavy (non-hydrogen) atoms. The van der Waals surface area contributed by atoms with Crippen molar-refractivity contribution in [1.82, 2.24) is 39.5 Å². The third kappa shape index (κ3) is 4.40. The van der Waals surface area contributed by atoms with Gasteiger partial charge < -0.3 is 19.6 Å². The standard InChI is InChI=1S/C25H22F3N9O/c1-37-10-16(25(26,27)28)34-23(37)15-5-3-13(4-6-15)9-29-21-19-22(32-11-31-19)36-20(35-21)17-18(14-7-8-14)30-12-33-24(17)38-2/h3-6,10-12,14H,7-9H2,1-2H3,(H2,29,31,32,35,36). The maximum Gasteiger partial charge on any atom is 0.434 e. The quantitative estimate of drug-likeness (QED) is 0.316. The fourth-order valence-electron chi connectivity index (χ4n) is 4.31. The van der Waals surface area contributed by atoms with Crippen molar-refractivity contribution in [2.24, 2.45) is 7.05 Å². The summed E-state index contributed by atoms with van der Waals surface area (Å²) in [4.78, 5) is 29.3. The van der Waals surface area contributed by atoms with Crippen molar-refractivity contribution < 1.29 is 17.9 Å². The Hall–Kier alpha value is -4.55. The van der Waals surface area contributed by atoms with Gasteiger partial charge in [-0.25, -0.2) is 29.9 Å². The Morgan fingerprint density at radius 3 is 2.55 bits per heavy atom. The minimum Gasteiger partial charge on any atom is -0.480 e. The van der Waals surface area contributed by atoms with Crippen LogP contribution >= 0.6 is 0 Å². The first-order valence-electron chi connectivity index (χ1n) is 11.9. The third-order valence-electron chi connectivity index (χ3n) is 6.35. The Morgan fingerprint density at radius 1 is 1.08 bits per heavy atom. The lowest BCUT2D eigenvalue weighted by atomic mass is 10.1. The van der Waals surface area contributed by atoms with Crippen LogP contribution in [0.5, 0.6) is 5.88 Å². The number of hydrogen-bond donors (Lipinski definition) is 2. The number of rotatable bonds is 7. The summed E-state index contributed by atoms with van der Waals surface area (Å²) in [6.07, 6.45) is 1.59. The van der Waals surface area contributed by atoms with Crippen molar-refractivity contribution in [3.63, 3.8) is 0 Å². The summed E-state index contributed by atoms with van der Waals surface area (Å²) in [5.74, 6) is 1.92. The highest BCUT2D eigenvalue weighted by atomic mass is 19.4. The maximum absolute atomic E-state index is 13.0. The Morgan fingerprint density at radius 2 is 1.87 bits per heavy atom. The van der Waals surface area contributed by atoms with Crippen LogP contribution in [0.3, 0.4) is 0 Å². The van der Waals surface area contributed by atoms with Crippen LogP contribution in [0.25, 0.3) is 33.9 Å². The minimum absolute atomic E-state index is 0.238. The fraction of sp³-hybridized carbons (Fsp3) is 0.280. The molecule has 0 radical (unpaired) electrons. The number of anilines is 1. The van der Waals surface area contributed by atoms with E-state index < -0.39 is 11.9 Å². The van der Waals surface area contributed by atoms with Crippen LogP contribution in [-0.4, -0.2) is 46.6 Å². The maximum atomic E-state index is 13.0.